The Balaban J connectivity index is 2.22. The maximum absolute atomic E-state index is 10.9. The largest absolute Gasteiger partial charge is 0.493 e. The van der Waals surface area contributed by atoms with E-state index in [-0.39, 0.29) is 12.2 Å². The second-order valence-electron chi connectivity index (χ2n) is 4.16. The summed E-state index contributed by atoms with van der Waals surface area (Å²) in [4.78, 5) is 10.9. The first kappa shape index (κ1) is 15.5. The van der Waals surface area contributed by atoms with Crippen molar-refractivity contribution in [1.29, 1.82) is 0 Å². The summed E-state index contributed by atoms with van der Waals surface area (Å²) in [6, 6.07) is 9.55. The first-order chi connectivity index (χ1) is 10.0. The van der Waals surface area contributed by atoms with E-state index in [1.807, 2.05) is 0 Å². The van der Waals surface area contributed by atoms with Crippen LogP contribution >= 0.6 is 23.2 Å². The molecule has 0 saturated heterocycles. The van der Waals surface area contributed by atoms with Crippen LogP contribution in [0.3, 0.4) is 0 Å². The third-order valence-corrected chi connectivity index (χ3v) is 3.55. The first-order valence-electron chi connectivity index (χ1n) is 6.00. The number of benzene rings is 2. The van der Waals surface area contributed by atoms with E-state index >= 15 is 0 Å². The number of aromatic carboxylic acids is 1. The molecular weight excluding hydrogens is 315 g/mol. The molecule has 0 atom stereocenters. The van der Waals surface area contributed by atoms with Crippen molar-refractivity contribution in [2.45, 2.75) is 6.61 Å². The fourth-order valence-electron chi connectivity index (χ4n) is 1.74. The van der Waals surface area contributed by atoms with E-state index in [0.29, 0.717) is 27.1 Å². The SMILES string of the molecule is COc1cc(C(=O)O)ccc1OCc1c(Cl)cccc1Cl. The lowest BCUT2D eigenvalue weighted by Crippen LogP contribution is -2.01. The van der Waals surface area contributed by atoms with Gasteiger partial charge in [0.25, 0.3) is 0 Å². The molecule has 0 saturated carbocycles. The quantitative estimate of drug-likeness (QED) is 0.890. The summed E-state index contributed by atoms with van der Waals surface area (Å²) in [7, 11) is 1.44. The van der Waals surface area contributed by atoms with E-state index in [0.717, 1.165) is 0 Å². The van der Waals surface area contributed by atoms with Gasteiger partial charge in [0.15, 0.2) is 11.5 Å². The molecule has 0 unspecified atom stereocenters. The zero-order valence-electron chi connectivity index (χ0n) is 11.1. The standard InChI is InChI=1S/C15H12Cl2O4/c1-20-14-7-9(15(18)19)5-6-13(14)21-8-10-11(16)3-2-4-12(10)17/h2-7H,8H2,1H3,(H,18,19). The van der Waals surface area contributed by atoms with Gasteiger partial charge < -0.3 is 14.6 Å². The van der Waals surface area contributed by atoms with Gasteiger partial charge in [0, 0.05) is 15.6 Å². The Bertz CT molecular complexity index is 650. The van der Waals surface area contributed by atoms with Gasteiger partial charge in [-0.3, -0.25) is 0 Å². The number of carbonyl (C=O) groups is 1. The smallest absolute Gasteiger partial charge is 0.335 e. The minimum atomic E-state index is -1.03. The second-order valence-corrected chi connectivity index (χ2v) is 4.97. The Morgan fingerprint density at radius 2 is 1.81 bits per heavy atom. The van der Waals surface area contributed by atoms with Crippen molar-refractivity contribution >= 4 is 29.2 Å². The molecule has 2 aromatic rings. The Morgan fingerprint density at radius 3 is 2.38 bits per heavy atom. The van der Waals surface area contributed by atoms with Crippen molar-refractivity contribution in [1.82, 2.24) is 0 Å². The molecule has 2 rings (SSSR count). The van der Waals surface area contributed by atoms with Gasteiger partial charge in [-0.25, -0.2) is 4.79 Å². The van der Waals surface area contributed by atoms with Crippen LogP contribution in [0.25, 0.3) is 0 Å². The summed E-state index contributed by atoms with van der Waals surface area (Å²) >= 11 is 12.1. The Morgan fingerprint density at radius 1 is 1.14 bits per heavy atom. The third kappa shape index (κ3) is 3.60. The van der Waals surface area contributed by atoms with Gasteiger partial charge in [0.1, 0.15) is 6.61 Å². The maximum atomic E-state index is 10.9. The molecule has 1 N–H and O–H groups in total. The summed E-state index contributed by atoms with van der Waals surface area (Å²) in [6.45, 7) is 0.154. The average molecular weight is 327 g/mol. The van der Waals surface area contributed by atoms with Crippen LogP contribution < -0.4 is 9.47 Å². The van der Waals surface area contributed by atoms with Crippen LogP contribution in [0.2, 0.25) is 10.0 Å². The van der Waals surface area contributed by atoms with Crippen LogP contribution in [0.5, 0.6) is 11.5 Å². The molecule has 0 aliphatic carbocycles. The number of hydrogen-bond donors (Lipinski definition) is 1. The van der Waals surface area contributed by atoms with E-state index in [2.05, 4.69) is 0 Å². The summed E-state index contributed by atoms with van der Waals surface area (Å²) < 4.78 is 10.8. The van der Waals surface area contributed by atoms with Gasteiger partial charge in [-0.2, -0.15) is 0 Å². The van der Waals surface area contributed by atoms with E-state index in [9.17, 15) is 4.79 Å². The van der Waals surface area contributed by atoms with E-state index in [4.69, 9.17) is 37.8 Å². The number of halogens is 2. The van der Waals surface area contributed by atoms with Crippen LogP contribution in [0, 0.1) is 0 Å². The van der Waals surface area contributed by atoms with E-state index in [1.54, 1.807) is 18.2 Å². The van der Waals surface area contributed by atoms with Crippen molar-refractivity contribution in [3.63, 3.8) is 0 Å². The molecule has 0 aliphatic heterocycles. The first-order valence-corrected chi connectivity index (χ1v) is 6.75. The predicted molar refractivity (Wildman–Crippen MR) is 80.7 cm³/mol. The van der Waals surface area contributed by atoms with Crippen LogP contribution in [0.4, 0.5) is 0 Å². The Labute approximate surface area is 131 Å². The molecule has 0 radical (unpaired) electrons. The lowest BCUT2D eigenvalue weighted by molar-refractivity contribution is 0.0696. The normalized spacial score (nSPS) is 10.2. The molecular formula is C15H12Cl2O4. The Kier molecular flexibility index (Phi) is 4.94. The van der Waals surface area contributed by atoms with Gasteiger partial charge in [-0.05, 0) is 30.3 Å². The van der Waals surface area contributed by atoms with Crippen molar-refractivity contribution in [2.24, 2.45) is 0 Å². The number of carboxylic acid groups (broad SMARTS) is 1. The van der Waals surface area contributed by atoms with Crippen LogP contribution in [-0.4, -0.2) is 18.2 Å². The zero-order valence-corrected chi connectivity index (χ0v) is 12.6. The predicted octanol–water partition coefficient (Wildman–Crippen LogP) is 4.28. The number of methoxy groups -OCH3 is 1. The van der Waals surface area contributed by atoms with Crippen LogP contribution in [-0.2, 0) is 6.61 Å². The number of hydrogen-bond acceptors (Lipinski definition) is 3. The number of carboxylic acids is 1. The molecule has 0 fully saturated rings. The van der Waals surface area contributed by atoms with Crippen molar-refractivity contribution in [2.75, 3.05) is 7.11 Å². The van der Waals surface area contributed by atoms with E-state index < -0.39 is 5.97 Å². The minimum absolute atomic E-state index is 0.120. The van der Waals surface area contributed by atoms with Crippen molar-refractivity contribution in [3.8, 4) is 11.5 Å². The summed E-state index contributed by atoms with van der Waals surface area (Å²) in [5, 5.41) is 9.95. The van der Waals surface area contributed by atoms with Crippen molar-refractivity contribution < 1.29 is 19.4 Å². The highest BCUT2D eigenvalue weighted by Gasteiger charge is 2.12. The lowest BCUT2D eigenvalue weighted by atomic mass is 10.2. The monoisotopic (exact) mass is 326 g/mol. The molecule has 0 aromatic heterocycles. The van der Waals surface area contributed by atoms with Gasteiger partial charge in [0.05, 0.1) is 12.7 Å². The lowest BCUT2D eigenvalue weighted by Gasteiger charge is -2.13. The summed E-state index contributed by atoms with van der Waals surface area (Å²) in [5.41, 5.74) is 0.778. The Hall–Kier alpha value is -1.91. The second kappa shape index (κ2) is 6.70. The van der Waals surface area contributed by atoms with Crippen molar-refractivity contribution in [3.05, 3.63) is 57.6 Å². The highest BCUT2D eigenvalue weighted by Crippen LogP contribution is 2.31. The molecule has 0 amide bonds. The molecule has 0 spiro atoms. The fourth-order valence-corrected chi connectivity index (χ4v) is 2.25. The number of rotatable bonds is 5. The van der Waals surface area contributed by atoms with Crippen LogP contribution in [0.15, 0.2) is 36.4 Å². The van der Waals surface area contributed by atoms with Gasteiger partial charge >= 0.3 is 5.97 Å². The molecule has 0 aliphatic rings. The van der Waals surface area contributed by atoms with Crippen LogP contribution in [0.1, 0.15) is 15.9 Å². The fraction of sp³-hybridized carbons (Fsp3) is 0.133. The highest BCUT2D eigenvalue weighted by molar-refractivity contribution is 6.35. The van der Waals surface area contributed by atoms with Gasteiger partial charge in [-0.15, -0.1) is 0 Å². The topological polar surface area (TPSA) is 55.8 Å². The molecule has 0 bridgehead atoms. The molecule has 110 valence electrons. The number of ether oxygens (including phenoxy) is 2. The van der Waals surface area contributed by atoms with Gasteiger partial charge in [-0.1, -0.05) is 29.3 Å². The summed E-state index contributed by atoms with van der Waals surface area (Å²) in [6.07, 6.45) is 0. The molecule has 4 nitrogen and oxygen atoms in total. The van der Waals surface area contributed by atoms with Gasteiger partial charge in [0.2, 0.25) is 0 Å². The van der Waals surface area contributed by atoms with E-state index in [1.165, 1.54) is 25.3 Å². The minimum Gasteiger partial charge on any atom is -0.493 e. The molecule has 21 heavy (non-hydrogen) atoms. The average Bonchev–Trinajstić information content (AvgIpc) is 2.46. The molecule has 0 heterocycles. The molecule has 2 aromatic carbocycles. The maximum Gasteiger partial charge on any atom is 0.335 e. The third-order valence-electron chi connectivity index (χ3n) is 2.84. The zero-order chi connectivity index (χ0) is 15.4. The summed E-state index contributed by atoms with van der Waals surface area (Å²) in [5.74, 6) is -0.287. The molecule has 6 heteroatoms. The highest BCUT2D eigenvalue weighted by atomic mass is 35.5.